The van der Waals surface area contributed by atoms with Crippen LogP contribution in [0.3, 0.4) is 0 Å². The lowest BCUT2D eigenvalue weighted by molar-refractivity contribution is 0.348. The second-order valence-electron chi connectivity index (χ2n) is 8.99. The Kier molecular flexibility index (Phi) is 5.48. The predicted octanol–water partition coefficient (Wildman–Crippen LogP) is 8.00. The summed E-state index contributed by atoms with van der Waals surface area (Å²) >= 11 is 0. The molecule has 0 heterocycles. The number of aryl methyl sites for hydroxylation is 1. The summed E-state index contributed by atoms with van der Waals surface area (Å²) in [4.78, 5) is 0. The third-order valence-corrected chi connectivity index (χ3v) is 7.04. The van der Waals surface area contributed by atoms with E-state index in [1.54, 1.807) is 11.1 Å². The number of rotatable bonds is 3. The summed E-state index contributed by atoms with van der Waals surface area (Å²) in [6, 6.07) is 16.7. The van der Waals surface area contributed by atoms with Crippen LogP contribution in [0.25, 0.3) is 11.1 Å². The van der Waals surface area contributed by atoms with Crippen molar-refractivity contribution in [2.24, 2.45) is 5.92 Å². The van der Waals surface area contributed by atoms with Crippen molar-refractivity contribution in [2.75, 3.05) is 0 Å². The van der Waals surface area contributed by atoms with Crippen molar-refractivity contribution in [1.29, 1.82) is 0 Å². The Morgan fingerprint density at radius 3 is 1.92 bits per heavy atom. The highest BCUT2D eigenvalue weighted by molar-refractivity contribution is 5.68. The molecule has 2 aliphatic rings. The average molecular weight is 347 g/mol. The first kappa shape index (κ1) is 17.8. The molecule has 4 rings (SSSR count). The van der Waals surface area contributed by atoms with E-state index in [0.717, 1.165) is 17.8 Å². The monoisotopic (exact) mass is 346 g/mol. The van der Waals surface area contributed by atoms with Crippen molar-refractivity contribution in [3.05, 3.63) is 59.2 Å². The highest BCUT2D eigenvalue weighted by atomic mass is 14.2. The summed E-state index contributed by atoms with van der Waals surface area (Å²) in [5.74, 6) is 2.51. The second-order valence-corrected chi connectivity index (χ2v) is 8.99. The van der Waals surface area contributed by atoms with Gasteiger partial charge in [0.1, 0.15) is 0 Å². The summed E-state index contributed by atoms with van der Waals surface area (Å²) in [6.45, 7) is 4.69. The first-order valence-corrected chi connectivity index (χ1v) is 10.9. The van der Waals surface area contributed by atoms with Gasteiger partial charge in [-0.25, -0.2) is 0 Å². The lowest BCUT2D eigenvalue weighted by Crippen LogP contribution is -2.10. The Morgan fingerprint density at radius 2 is 1.27 bits per heavy atom. The van der Waals surface area contributed by atoms with Crippen LogP contribution in [-0.2, 0) is 0 Å². The minimum Gasteiger partial charge on any atom is -0.0625 e. The molecule has 2 saturated carbocycles. The topological polar surface area (TPSA) is 0 Å². The van der Waals surface area contributed by atoms with Crippen LogP contribution in [0, 0.1) is 12.8 Å². The van der Waals surface area contributed by atoms with Gasteiger partial charge in [-0.1, -0.05) is 81.5 Å². The molecule has 0 bridgehead atoms. The summed E-state index contributed by atoms with van der Waals surface area (Å²) in [5.41, 5.74) is 7.35. The molecule has 26 heavy (non-hydrogen) atoms. The smallest absolute Gasteiger partial charge is 0.0155 e. The molecule has 2 fully saturated rings. The fraction of sp³-hybridized carbons (Fsp3) is 0.538. The second kappa shape index (κ2) is 7.99. The molecule has 0 saturated heterocycles. The highest BCUT2D eigenvalue weighted by Crippen LogP contribution is 2.37. The van der Waals surface area contributed by atoms with Crippen molar-refractivity contribution in [2.45, 2.75) is 83.5 Å². The molecule has 2 aliphatic carbocycles. The Bertz CT molecular complexity index is 710. The van der Waals surface area contributed by atoms with E-state index >= 15 is 0 Å². The van der Waals surface area contributed by atoms with E-state index < -0.39 is 0 Å². The van der Waals surface area contributed by atoms with Gasteiger partial charge in [0, 0.05) is 0 Å². The standard InChI is InChI=1S/C26H34/c1-19-8-10-22(11-9-19)23-12-14-24(15-13-23)26-17-16-25(18-20(26)2)21-6-4-3-5-7-21/h12-19,21-22H,3-11H2,1-2H3. The SMILES string of the molecule is Cc1cc(C2CCCCC2)ccc1-c1ccc(C2CCC(C)CC2)cc1. The van der Waals surface area contributed by atoms with Gasteiger partial charge < -0.3 is 0 Å². The zero-order chi connectivity index (χ0) is 17.9. The molecule has 0 spiro atoms. The molecule has 138 valence electrons. The molecule has 0 N–H and O–H groups in total. The fourth-order valence-electron chi connectivity index (χ4n) is 5.23. The summed E-state index contributed by atoms with van der Waals surface area (Å²) in [7, 11) is 0. The summed E-state index contributed by atoms with van der Waals surface area (Å²) in [5, 5.41) is 0. The van der Waals surface area contributed by atoms with Gasteiger partial charge in [0.15, 0.2) is 0 Å². The minimum absolute atomic E-state index is 0.787. The maximum absolute atomic E-state index is 2.46. The lowest BCUT2D eigenvalue weighted by atomic mass is 9.79. The van der Waals surface area contributed by atoms with E-state index in [1.165, 1.54) is 74.5 Å². The van der Waals surface area contributed by atoms with Gasteiger partial charge in [-0.05, 0) is 78.2 Å². The third-order valence-electron chi connectivity index (χ3n) is 7.04. The number of benzene rings is 2. The van der Waals surface area contributed by atoms with Gasteiger partial charge in [-0.2, -0.15) is 0 Å². The highest BCUT2D eigenvalue weighted by Gasteiger charge is 2.20. The Morgan fingerprint density at radius 1 is 0.654 bits per heavy atom. The van der Waals surface area contributed by atoms with Crippen molar-refractivity contribution in [1.82, 2.24) is 0 Å². The van der Waals surface area contributed by atoms with Gasteiger partial charge in [-0.3, -0.25) is 0 Å². The van der Waals surface area contributed by atoms with Crippen molar-refractivity contribution >= 4 is 0 Å². The van der Waals surface area contributed by atoms with E-state index in [0.29, 0.717) is 0 Å². The van der Waals surface area contributed by atoms with Gasteiger partial charge in [0.25, 0.3) is 0 Å². The van der Waals surface area contributed by atoms with Crippen LogP contribution in [0.5, 0.6) is 0 Å². The maximum atomic E-state index is 2.46. The van der Waals surface area contributed by atoms with Crippen LogP contribution in [0.4, 0.5) is 0 Å². The van der Waals surface area contributed by atoms with Crippen molar-refractivity contribution < 1.29 is 0 Å². The van der Waals surface area contributed by atoms with E-state index in [-0.39, 0.29) is 0 Å². The molecular formula is C26H34. The molecule has 0 aliphatic heterocycles. The maximum Gasteiger partial charge on any atom is -0.0155 e. The van der Waals surface area contributed by atoms with Gasteiger partial charge >= 0.3 is 0 Å². The molecule has 0 atom stereocenters. The Labute approximate surface area is 160 Å². The van der Waals surface area contributed by atoms with Gasteiger partial charge in [-0.15, -0.1) is 0 Å². The normalized spacial score (nSPS) is 24.5. The molecule has 0 radical (unpaired) electrons. The fourth-order valence-corrected chi connectivity index (χ4v) is 5.23. The van der Waals surface area contributed by atoms with Crippen LogP contribution in [0.2, 0.25) is 0 Å². The zero-order valence-electron chi connectivity index (χ0n) is 16.6. The number of hydrogen-bond donors (Lipinski definition) is 0. The van der Waals surface area contributed by atoms with Crippen LogP contribution in [0.1, 0.15) is 93.2 Å². The molecule has 0 heteroatoms. The molecule has 0 amide bonds. The molecule has 0 unspecified atom stereocenters. The molecule has 0 nitrogen and oxygen atoms in total. The first-order chi connectivity index (χ1) is 12.7. The summed E-state index contributed by atoms with van der Waals surface area (Å²) < 4.78 is 0. The van der Waals surface area contributed by atoms with Crippen molar-refractivity contribution in [3.8, 4) is 11.1 Å². The van der Waals surface area contributed by atoms with E-state index in [2.05, 4.69) is 56.3 Å². The zero-order valence-corrected chi connectivity index (χ0v) is 16.6. The van der Waals surface area contributed by atoms with E-state index in [4.69, 9.17) is 0 Å². The van der Waals surface area contributed by atoms with E-state index in [1.807, 2.05) is 0 Å². The van der Waals surface area contributed by atoms with Crippen LogP contribution in [-0.4, -0.2) is 0 Å². The molecular weight excluding hydrogens is 312 g/mol. The molecule has 2 aromatic rings. The molecule has 2 aromatic carbocycles. The van der Waals surface area contributed by atoms with Gasteiger partial charge in [0.05, 0.1) is 0 Å². The third kappa shape index (κ3) is 3.90. The predicted molar refractivity (Wildman–Crippen MR) is 113 cm³/mol. The van der Waals surface area contributed by atoms with Gasteiger partial charge in [0.2, 0.25) is 0 Å². The average Bonchev–Trinajstić information content (AvgIpc) is 2.69. The van der Waals surface area contributed by atoms with Crippen LogP contribution in [0.15, 0.2) is 42.5 Å². The quantitative estimate of drug-likeness (QED) is 0.528. The Balaban J connectivity index is 1.50. The van der Waals surface area contributed by atoms with Crippen LogP contribution >= 0.6 is 0 Å². The number of hydrogen-bond acceptors (Lipinski definition) is 0. The van der Waals surface area contributed by atoms with E-state index in [9.17, 15) is 0 Å². The largest absolute Gasteiger partial charge is 0.0625 e. The molecule has 0 aromatic heterocycles. The van der Waals surface area contributed by atoms with Crippen molar-refractivity contribution in [3.63, 3.8) is 0 Å². The van der Waals surface area contributed by atoms with Crippen LogP contribution < -0.4 is 0 Å². The summed E-state index contributed by atoms with van der Waals surface area (Å²) in [6.07, 6.45) is 12.5. The lowest BCUT2D eigenvalue weighted by Gasteiger charge is -2.26. The minimum atomic E-state index is 0.787. The first-order valence-electron chi connectivity index (χ1n) is 10.9. The Hall–Kier alpha value is -1.56.